The minimum absolute atomic E-state index is 0.629. The van der Waals surface area contributed by atoms with E-state index < -0.39 is 0 Å². The molecule has 3 aromatic rings. The van der Waals surface area contributed by atoms with E-state index in [1.807, 2.05) is 30.3 Å². The Hall–Kier alpha value is -2.58. The van der Waals surface area contributed by atoms with Crippen LogP contribution in [0.2, 0.25) is 0 Å². The fourth-order valence-corrected chi connectivity index (χ4v) is 2.43. The Bertz CT molecular complexity index is 851. The summed E-state index contributed by atoms with van der Waals surface area (Å²) < 4.78 is 0.886. The Morgan fingerprint density at radius 3 is 2.62 bits per heavy atom. The number of nitrogen functional groups attached to an aromatic ring is 1. The van der Waals surface area contributed by atoms with Crippen LogP contribution in [-0.4, -0.2) is 4.98 Å². The van der Waals surface area contributed by atoms with Crippen LogP contribution in [0.4, 0.5) is 17.1 Å². The molecule has 21 heavy (non-hydrogen) atoms. The van der Waals surface area contributed by atoms with Gasteiger partial charge in [-0.1, -0.05) is 0 Å². The maximum Gasteiger partial charge on any atom is 0.0991 e. The number of fused-ring (bicyclic) bond motifs is 1. The van der Waals surface area contributed by atoms with Gasteiger partial charge in [-0.05, 0) is 58.4 Å². The van der Waals surface area contributed by atoms with Crippen molar-refractivity contribution in [1.82, 2.24) is 4.98 Å². The van der Waals surface area contributed by atoms with Gasteiger partial charge in [-0.3, -0.25) is 4.98 Å². The molecule has 0 aliphatic carbocycles. The van der Waals surface area contributed by atoms with Crippen molar-refractivity contribution in [2.24, 2.45) is 0 Å². The van der Waals surface area contributed by atoms with Crippen molar-refractivity contribution in [3.63, 3.8) is 0 Å². The number of nitrogens with one attached hydrogen (secondary N) is 1. The van der Waals surface area contributed by atoms with Crippen LogP contribution < -0.4 is 11.1 Å². The number of nitriles is 1. The van der Waals surface area contributed by atoms with Gasteiger partial charge in [-0.15, -0.1) is 0 Å². The zero-order valence-electron chi connectivity index (χ0n) is 11.0. The lowest BCUT2D eigenvalue weighted by Crippen LogP contribution is -1.96. The molecule has 102 valence electrons. The second-order valence-electron chi connectivity index (χ2n) is 4.57. The number of benzene rings is 2. The smallest absolute Gasteiger partial charge is 0.0991 e. The van der Waals surface area contributed by atoms with Crippen LogP contribution in [-0.2, 0) is 0 Å². The van der Waals surface area contributed by atoms with Crippen LogP contribution in [0.1, 0.15) is 5.56 Å². The first kappa shape index (κ1) is 13.4. The minimum Gasteiger partial charge on any atom is -0.398 e. The molecule has 0 radical (unpaired) electrons. The van der Waals surface area contributed by atoms with Crippen molar-refractivity contribution in [3.05, 3.63) is 58.7 Å². The second kappa shape index (κ2) is 5.43. The number of halogens is 1. The van der Waals surface area contributed by atoms with Crippen LogP contribution in [0.3, 0.4) is 0 Å². The zero-order valence-corrected chi connectivity index (χ0v) is 12.6. The highest BCUT2D eigenvalue weighted by Crippen LogP contribution is 2.30. The molecule has 0 saturated heterocycles. The molecular weight excluding hydrogens is 328 g/mol. The van der Waals surface area contributed by atoms with Crippen LogP contribution in [0.15, 0.2) is 53.1 Å². The number of pyridine rings is 1. The summed E-state index contributed by atoms with van der Waals surface area (Å²) in [5.74, 6) is 0. The fourth-order valence-electron chi connectivity index (χ4n) is 2.10. The van der Waals surface area contributed by atoms with Gasteiger partial charge in [0.1, 0.15) is 0 Å². The molecule has 2 aromatic carbocycles. The van der Waals surface area contributed by atoms with E-state index in [-0.39, 0.29) is 0 Å². The predicted octanol–water partition coefficient (Wildman–Crippen LogP) is 4.19. The Morgan fingerprint density at radius 1 is 1.14 bits per heavy atom. The SMILES string of the molecule is N#Cc1ccc(Nc2ccc(N)c3cc(Br)cnc23)cc1. The largest absolute Gasteiger partial charge is 0.398 e. The topological polar surface area (TPSA) is 74.7 Å². The molecule has 0 aliphatic rings. The molecule has 0 amide bonds. The summed E-state index contributed by atoms with van der Waals surface area (Å²) in [4.78, 5) is 4.43. The van der Waals surface area contributed by atoms with Gasteiger partial charge < -0.3 is 11.1 Å². The van der Waals surface area contributed by atoms with E-state index in [0.717, 1.165) is 26.8 Å². The second-order valence-corrected chi connectivity index (χ2v) is 5.48. The average molecular weight is 339 g/mol. The van der Waals surface area contributed by atoms with Gasteiger partial charge in [0.05, 0.1) is 22.8 Å². The summed E-state index contributed by atoms with van der Waals surface area (Å²) in [5, 5.41) is 13.0. The van der Waals surface area contributed by atoms with Crippen molar-refractivity contribution >= 4 is 43.9 Å². The average Bonchev–Trinajstić information content (AvgIpc) is 2.51. The first-order valence-corrected chi connectivity index (χ1v) is 7.07. The van der Waals surface area contributed by atoms with E-state index >= 15 is 0 Å². The molecule has 4 nitrogen and oxygen atoms in total. The highest BCUT2D eigenvalue weighted by atomic mass is 79.9. The summed E-state index contributed by atoms with van der Waals surface area (Å²) in [6, 6.07) is 15.1. The summed E-state index contributed by atoms with van der Waals surface area (Å²) >= 11 is 3.40. The normalized spacial score (nSPS) is 10.3. The van der Waals surface area contributed by atoms with E-state index in [4.69, 9.17) is 11.0 Å². The maximum absolute atomic E-state index is 8.82. The van der Waals surface area contributed by atoms with Crippen molar-refractivity contribution in [2.45, 2.75) is 0 Å². The van der Waals surface area contributed by atoms with Crippen LogP contribution in [0.5, 0.6) is 0 Å². The number of aromatic nitrogens is 1. The Labute approximate surface area is 130 Å². The first-order chi connectivity index (χ1) is 10.2. The molecule has 1 aromatic heterocycles. The Morgan fingerprint density at radius 2 is 1.90 bits per heavy atom. The third-order valence-electron chi connectivity index (χ3n) is 3.14. The lowest BCUT2D eigenvalue weighted by atomic mass is 10.1. The number of hydrogen-bond donors (Lipinski definition) is 2. The van der Waals surface area contributed by atoms with Gasteiger partial charge in [0.2, 0.25) is 0 Å². The maximum atomic E-state index is 8.82. The molecule has 0 unspecified atom stereocenters. The monoisotopic (exact) mass is 338 g/mol. The van der Waals surface area contributed by atoms with Crippen molar-refractivity contribution in [1.29, 1.82) is 5.26 Å². The number of nitrogens with zero attached hydrogens (tertiary/aromatic N) is 2. The van der Waals surface area contributed by atoms with Gasteiger partial charge in [0.25, 0.3) is 0 Å². The lowest BCUT2D eigenvalue weighted by molar-refractivity contribution is 1.38. The highest BCUT2D eigenvalue weighted by molar-refractivity contribution is 9.10. The van der Waals surface area contributed by atoms with E-state index in [2.05, 4.69) is 32.3 Å². The van der Waals surface area contributed by atoms with Gasteiger partial charge >= 0.3 is 0 Å². The first-order valence-electron chi connectivity index (χ1n) is 6.28. The fraction of sp³-hybridized carbons (Fsp3) is 0. The summed E-state index contributed by atoms with van der Waals surface area (Å²) in [7, 11) is 0. The number of rotatable bonds is 2. The molecule has 0 fully saturated rings. The Balaban J connectivity index is 2.04. The zero-order chi connectivity index (χ0) is 14.8. The summed E-state index contributed by atoms with van der Waals surface area (Å²) in [6.07, 6.45) is 1.74. The van der Waals surface area contributed by atoms with Gasteiger partial charge in [-0.25, -0.2) is 0 Å². The van der Waals surface area contributed by atoms with Gasteiger partial charge in [0.15, 0.2) is 0 Å². The van der Waals surface area contributed by atoms with Crippen LogP contribution in [0.25, 0.3) is 10.9 Å². The van der Waals surface area contributed by atoms with E-state index in [9.17, 15) is 0 Å². The highest BCUT2D eigenvalue weighted by Gasteiger charge is 2.06. The molecule has 0 atom stereocenters. The standard InChI is InChI=1S/C16H11BrN4/c17-11-7-13-14(19)5-6-15(16(13)20-9-11)21-12-3-1-10(8-18)2-4-12/h1-7,9,21H,19H2. The van der Waals surface area contributed by atoms with E-state index in [0.29, 0.717) is 11.3 Å². The van der Waals surface area contributed by atoms with Gasteiger partial charge in [-0.2, -0.15) is 5.26 Å². The lowest BCUT2D eigenvalue weighted by Gasteiger charge is -2.11. The molecule has 1 heterocycles. The number of anilines is 3. The van der Waals surface area contributed by atoms with Crippen molar-refractivity contribution in [3.8, 4) is 6.07 Å². The van der Waals surface area contributed by atoms with Crippen LogP contribution >= 0.6 is 15.9 Å². The van der Waals surface area contributed by atoms with Crippen molar-refractivity contribution in [2.75, 3.05) is 11.1 Å². The summed E-state index contributed by atoms with van der Waals surface area (Å²) in [5.41, 5.74) is 9.89. The van der Waals surface area contributed by atoms with E-state index in [1.54, 1.807) is 18.3 Å². The Kier molecular flexibility index (Phi) is 3.46. The molecule has 0 aliphatic heterocycles. The number of nitrogens with two attached hydrogens (primary N) is 1. The van der Waals surface area contributed by atoms with Crippen LogP contribution in [0, 0.1) is 11.3 Å². The predicted molar refractivity (Wildman–Crippen MR) is 88.3 cm³/mol. The third-order valence-corrected chi connectivity index (χ3v) is 3.58. The molecule has 0 bridgehead atoms. The molecule has 3 N–H and O–H groups in total. The minimum atomic E-state index is 0.629. The molecule has 5 heteroatoms. The number of hydrogen-bond acceptors (Lipinski definition) is 4. The molecular formula is C16H11BrN4. The summed E-state index contributed by atoms with van der Waals surface area (Å²) in [6.45, 7) is 0. The van der Waals surface area contributed by atoms with Crippen molar-refractivity contribution < 1.29 is 0 Å². The quantitative estimate of drug-likeness (QED) is 0.687. The van der Waals surface area contributed by atoms with E-state index in [1.165, 1.54) is 0 Å². The van der Waals surface area contributed by atoms with Gasteiger partial charge in [0, 0.05) is 27.4 Å². The molecule has 0 saturated carbocycles. The molecule has 3 rings (SSSR count). The third kappa shape index (κ3) is 2.67. The molecule has 0 spiro atoms.